The first-order chi connectivity index (χ1) is 12.9. The first-order valence-electron chi connectivity index (χ1n) is 10.6. The van der Waals surface area contributed by atoms with Crippen LogP contribution in [0, 0.1) is 5.92 Å². The predicted octanol–water partition coefficient (Wildman–Crippen LogP) is 2.91. The van der Waals surface area contributed by atoms with E-state index in [1.807, 2.05) is 0 Å². The van der Waals surface area contributed by atoms with Gasteiger partial charge in [-0.25, -0.2) is 0 Å². The Morgan fingerprint density at radius 3 is 2.57 bits per heavy atom. The largest absolute Gasteiger partial charge is 0.356 e. The molecule has 1 saturated heterocycles. The summed E-state index contributed by atoms with van der Waals surface area (Å²) in [5.74, 6) is 2.51. The van der Waals surface area contributed by atoms with E-state index in [1.54, 1.807) is 6.33 Å². The average molecular weight is 505 g/mol. The van der Waals surface area contributed by atoms with E-state index in [9.17, 15) is 0 Å². The third kappa shape index (κ3) is 8.23. The van der Waals surface area contributed by atoms with Crippen LogP contribution in [0.25, 0.3) is 0 Å². The van der Waals surface area contributed by atoms with Gasteiger partial charge in [-0.2, -0.15) is 0 Å². The molecule has 1 aliphatic heterocycles. The van der Waals surface area contributed by atoms with Crippen molar-refractivity contribution in [2.24, 2.45) is 10.9 Å². The summed E-state index contributed by atoms with van der Waals surface area (Å²) in [6.07, 6.45) is 6.68. The van der Waals surface area contributed by atoms with Gasteiger partial charge in [-0.05, 0) is 45.7 Å². The van der Waals surface area contributed by atoms with Crippen molar-refractivity contribution in [3.63, 3.8) is 0 Å². The SMILES string of the molecule is CCc1nncn1CCNC(=NCC(C)(C)N1CCCCC1)NCC(C)C.I. The van der Waals surface area contributed by atoms with Crippen molar-refractivity contribution in [2.75, 3.05) is 32.7 Å². The summed E-state index contributed by atoms with van der Waals surface area (Å²) in [7, 11) is 0. The molecule has 1 aromatic rings. The molecule has 2 rings (SSSR count). The number of hydrogen-bond donors (Lipinski definition) is 2. The van der Waals surface area contributed by atoms with Crippen molar-refractivity contribution >= 4 is 29.9 Å². The van der Waals surface area contributed by atoms with Crippen molar-refractivity contribution in [1.29, 1.82) is 0 Å². The minimum atomic E-state index is 0. The van der Waals surface area contributed by atoms with Gasteiger partial charge in [0.15, 0.2) is 5.96 Å². The molecule has 0 saturated carbocycles. The maximum atomic E-state index is 4.92. The zero-order valence-electron chi connectivity index (χ0n) is 18.4. The smallest absolute Gasteiger partial charge is 0.191 e. The van der Waals surface area contributed by atoms with E-state index < -0.39 is 0 Å². The maximum absolute atomic E-state index is 4.92. The Morgan fingerprint density at radius 1 is 1.21 bits per heavy atom. The highest BCUT2D eigenvalue weighted by molar-refractivity contribution is 14.0. The number of halogens is 1. The second-order valence-corrected chi connectivity index (χ2v) is 8.52. The van der Waals surface area contributed by atoms with Gasteiger partial charge in [-0.3, -0.25) is 9.89 Å². The van der Waals surface area contributed by atoms with Crippen molar-refractivity contribution in [3.05, 3.63) is 12.2 Å². The van der Waals surface area contributed by atoms with E-state index in [2.05, 4.69) is 64.9 Å². The van der Waals surface area contributed by atoms with Crippen LogP contribution in [0.2, 0.25) is 0 Å². The number of aryl methyl sites for hydroxylation is 1. The average Bonchev–Trinajstić information content (AvgIpc) is 3.11. The van der Waals surface area contributed by atoms with Crippen molar-refractivity contribution in [3.8, 4) is 0 Å². The fraction of sp³-hybridized carbons (Fsp3) is 0.850. The van der Waals surface area contributed by atoms with Crippen molar-refractivity contribution in [1.82, 2.24) is 30.3 Å². The molecule has 0 spiro atoms. The molecule has 28 heavy (non-hydrogen) atoms. The van der Waals surface area contributed by atoms with Crippen LogP contribution in [0.3, 0.4) is 0 Å². The Labute approximate surface area is 188 Å². The van der Waals surface area contributed by atoms with Crippen LogP contribution in [-0.4, -0.2) is 63.9 Å². The van der Waals surface area contributed by atoms with E-state index >= 15 is 0 Å². The normalized spacial score (nSPS) is 16.1. The summed E-state index contributed by atoms with van der Waals surface area (Å²) in [5, 5.41) is 15.1. The second kappa shape index (κ2) is 12.6. The van der Waals surface area contributed by atoms with Crippen LogP contribution in [0.4, 0.5) is 0 Å². The fourth-order valence-corrected chi connectivity index (χ4v) is 3.38. The molecule has 2 N–H and O–H groups in total. The van der Waals surface area contributed by atoms with E-state index in [-0.39, 0.29) is 29.5 Å². The highest BCUT2D eigenvalue weighted by Gasteiger charge is 2.27. The van der Waals surface area contributed by atoms with Crippen LogP contribution in [-0.2, 0) is 13.0 Å². The monoisotopic (exact) mass is 505 g/mol. The molecule has 162 valence electrons. The predicted molar refractivity (Wildman–Crippen MR) is 127 cm³/mol. The van der Waals surface area contributed by atoms with Gasteiger partial charge in [-0.1, -0.05) is 27.2 Å². The molecular weight excluding hydrogens is 465 g/mol. The van der Waals surface area contributed by atoms with E-state index in [1.165, 1.54) is 32.4 Å². The molecular formula is C20H40IN7. The maximum Gasteiger partial charge on any atom is 0.191 e. The summed E-state index contributed by atoms with van der Waals surface area (Å²) in [6, 6.07) is 0. The molecule has 2 heterocycles. The molecule has 0 unspecified atom stereocenters. The molecule has 0 atom stereocenters. The molecule has 0 aliphatic carbocycles. The van der Waals surface area contributed by atoms with E-state index in [4.69, 9.17) is 4.99 Å². The van der Waals surface area contributed by atoms with Crippen LogP contribution in [0.1, 0.15) is 59.7 Å². The van der Waals surface area contributed by atoms with E-state index in [0.29, 0.717) is 5.92 Å². The summed E-state index contributed by atoms with van der Waals surface area (Å²) < 4.78 is 2.10. The van der Waals surface area contributed by atoms with Crippen LogP contribution in [0.5, 0.6) is 0 Å². The Balaban J connectivity index is 0.00000392. The number of aromatic nitrogens is 3. The van der Waals surface area contributed by atoms with E-state index in [0.717, 1.165) is 44.4 Å². The molecule has 1 fully saturated rings. The molecule has 7 nitrogen and oxygen atoms in total. The Kier molecular flexibility index (Phi) is 11.3. The molecule has 0 bridgehead atoms. The number of rotatable bonds is 9. The molecule has 8 heteroatoms. The summed E-state index contributed by atoms with van der Waals surface area (Å²) in [6.45, 7) is 16.9. The number of hydrogen-bond acceptors (Lipinski definition) is 4. The van der Waals surface area contributed by atoms with Gasteiger partial charge in [0.1, 0.15) is 12.2 Å². The summed E-state index contributed by atoms with van der Waals surface area (Å²) in [4.78, 5) is 7.50. The van der Waals surface area contributed by atoms with Gasteiger partial charge < -0.3 is 15.2 Å². The molecule has 1 aromatic heterocycles. The Morgan fingerprint density at radius 2 is 1.93 bits per heavy atom. The second-order valence-electron chi connectivity index (χ2n) is 8.52. The topological polar surface area (TPSA) is 70.4 Å². The number of piperidine rings is 1. The standard InChI is InChI=1S/C20H39N7.HI/c1-6-18-25-24-16-26(18)13-10-21-19(22-14-17(2)3)23-15-20(4,5)27-11-8-7-9-12-27;/h16-17H,6-15H2,1-5H3,(H2,21,22,23);1H. The van der Waals surface area contributed by atoms with Crippen molar-refractivity contribution in [2.45, 2.75) is 72.4 Å². The lowest BCUT2D eigenvalue weighted by Crippen LogP contribution is -2.50. The minimum Gasteiger partial charge on any atom is -0.356 e. The number of likely N-dealkylation sites (tertiary alicyclic amines) is 1. The number of aliphatic imine (C=N–C) groups is 1. The molecule has 0 amide bonds. The number of nitrogens with one attached hydrogen (secondary N) is 2. The van der Waals surface area contributed by atoms with Gasteiger partial charge in [0.2, 0.25) is 0 Å². The zero-order valence-corrected chi connectivity index (χ0v) is 20.7. The Hall–Kier alpha value is -0.900. The van der Waals surface area contributed by atoms with Gasteiger partial charge in [0.05, 0.1) is 6.54 Å². The van der Waals surface area contributed by atoms with Gasteiger partial charge >= 0.3 is 0 Å². The lowest BCUT2D eigenvalue weighted by atomic mass is 9.99. The summed E-state index contributed by atoms with van der Waals surface area (Å²) >= 11 is 0. The lowest BCUT2D eigenvalue weighted by Gasteiger charge is -2.40. The van der Waals surface area contributed by atoms with Gasteiger partial charge in [0, 0.05) is 31.6 Å². The minimum absolute atomic E-state index is 0. The third-order valence-electron chi connectivity index (χ3n) is 5.17. The van der Waals surface area contributed by atoms with Crippen molar-refractivity contribution < 1.29 is 0 Å². The zero-order chi connectivity index (χ0) is 19.7. The van der Waals surface area contributed by atoms with Gasteiger partial charge in [0.25, 0.3) is 0 Å². The lowest BCUT2D eigenvalue weighted by molar-refractivity contribution is 0.102. The third-order valence-corrected chi connectivity index (χ3v) is 5.17. The molecule has 0 aromatic carbocycles. The van der Waals surface area contributed by atoms with Crippen LogP contribution >= 0.6 is 24.0 Å². The number of guanidine groups is 1. The molecule has 0 radical (unpaired) electrons. The first kappa shape index (κ1) is 25.1. The molecule has 1 aliphatic rings. The van der Waals surface area contributed by atoms with Crippen LogP contribution < -0.4 is 10.6 Å². The first-order valence-corrected chi connectivity index (χ1v) is 10.6. The highest BCUT2D eigenvalue weighted by Crippen LogP contribution is 2.20. The van der Waals surface area contributed by atoms with Gasteiger partial charge in [-0.15, -0.1) is 34.2 Å². The highest BCUT2D eigenvalue weighted by atomic mass is 127. The Bertz CT molecular complexity index is 577. The van der Waals surface area contributed by atoms with Crippen LogP contribution in [0.15, 0.2) is 11.3 Å². The summed E-state index contributed by atoms with van der Waals surface area (Å²) in [5.41, 5.74) is 0.0938. The quantitative estimate of drug-likeness (QED) is 0.307. The number of nitrogens with zero attached hydrogens (tertiary/aromatic N) is 5. The fourth-order valence-electron chi connectivity index (χ4n) is 3.38.